The summed E-state index contributed by atoms with van der Waals surface area (Å²) < 4.78 is 10.5. The van der Waals surface area contributed by atoms with E-state index in [0.717, 1.165) is 48.7 Å². The van der Waals surface area contributed by atoms with Gasteiger partial charge in [-0.25, -0.2) is 0 Å². The summed E-state index contributed by atoms with van der Waals surface area (Å²) in [6.07, 6.45) is 6.84. The van der Waals surface area contributed by atoms with Crippen molar-refractivity contribution in [3.05, 3.63) is 72.4 Å². The number of aromatic nitrogens is 1. The third-order valence-corrected chi connectivity index (χ3v) is 4.61. The van der Waals surface area contributed by atoms with Gasteiger partial charge in [-0.3, -0.25) is 9.78 Å². The first kappa shape index (κ1) is 17.3. The summed E-state index contributed by atoms with van der Waals surface area (Å²) in [7, 11) is 0. The quantitative estimate of drug-likeness (QED) is 0.754. The topological polar surface area (TPSA) is 67.6 Å². The molecule has 0 spiro atoms. The van der Waals surface area contributed by atoms with Crippen molar-refractivity contribution < 1.29 is 13.9 Å². The summed E-state index contributed by atoms with van der Waals surface area (Å²) in [6, 6.07) is 11.6. The van der Waals surface area contributed by atoms with Gasteiger partial charge in [0, 0.05) is 54.4 Å². The number of morpholine rings is 1. The molecule has 2 aromatic heterocycles. The van der Waals surface area contributed by atoms with Gasteiger partial charge in [-0.2, -0.15) is 0 Å². The Morgan fingerprint density at radius 3 is 2.63 bits per heavy atom. The number of carbonyl (C=O) groups excluding carboxylic acids is 1. The molecule has 0 aliphatic carbocycles. The molecular weight excluding hydrogens is 342 g/mol. The molecule has 0 bridgehead atoms. The summed E-state index contributed by atoms with van der Waals surface area (Å²) >= 11 is 0. The number of anilines is 1. The van der Waals surface area contributed by atoms with Crippen LogP contribution in [0.1, 0.15) is 15.9 Å². The Bertz CT molecular complexity index is 885. The number of pyridine rings is 1. The molecule has 0 radical (unpaired) electrons. The molecule has 4 rings (SSSR count). The minimum Gasteiger partial charge on any atom is -0.472 e. The second-order valence-electron chi connectivity index (χ2n) is 6.42. The van der Waals surface area contributed by atoms with E-state index in [-0.39, 0.29) is 5.91 Å². The number of nitrogens with zero attached hydrogens (tertiary/aromatic N) is 2. The summed E-state index contributed by atoms with van der Waals surface area (Å²) in [5, 5.41) is 2.95. The van der Waals surface area contributed by atoms with Gasteiger partial charge < -0.3 is 19.4 Å². The number of hydrogen-bond acceptors (Lipinski definition) is 5. The van der Waals surface area contributed by atoms with E-state index in [1.165, 1.54) is 0 Å². The highest BCUT2D eigenvalue weighted by Crippen LogP contribution is 2.20. The molecule has 1 aliphatic heterocycles. The number of rotatable bonds is 5. The predicted molar refractivity (Wildman–Crippen MR) is 103 cm³/mol. The van der Waals surface area contributed by atoms with E-state index >= 15 is 0 Å². The molecule has 0 unspecified atom stereocenters. The van der Waals surface area contributed by atoms with Crippen LogP contribution in [0, 0.1) is 0 Å². The number of carbonyl (C=O) groups is 1. The lowest BCUT2D eigenvalue weighted by Gasteiger charge is -2.28. The fourth-order valence-electron chi connectivity index (χ4n) is 3.10. The molecule has 1 aliphatic rings. The second-order valence-corrected chi connectivity index (χ2v) is 6.42. The average molecular weight is 363 g/mol. The standard InChI is InChI=1S/C21H21N3O3/c25-21(17-1-3-20(4-2-17)24-6-9-26-10-7-24)23-13-16-11-19(14-22-12-16)18-5-8-27-15-18/h1-5,8,11-12,14-15H,6-7,9-10,13H2,(H,23,25). The molecule has 1 amide bonds. The zero-order valence-corrected chi connectivity index (χ0v) is 14.9. The van der Waals surface area contributed by atoms with E-state index in [9.17, 15) is 4.79 Å². The van der Waals surface area contributed by atoms with Crippen molar-refractivity contribution in [3.8, 4) is 11.1 Å². The minimum atomic E-state index is -0.0998. The molecule has 1 N–H and O–H groups in total. The number of ether oxygens (including phenoxy) is 1. The van der Waals surface area contributed by atoms with Crippen LogP contribution >= 0.6 is 0 Å². The maximum absolute atomic E-state index is 12.4. The van der Waals surface area contributed by atoms with Crippen LogP contribution in [0.3, 0.4) is 0 Å². The summed E-state index contributed by atoms with van der Waals surface area (Å²) in [6.45, 7) is 3.67. The van der Waals surface area contributed by atoms with Crippen LogP contribution in [0.2, 0.25) is 0 Å². The minimum absolute atomic E-state index is 0.0998. The number of nitrogens with one attached hydrogen (secondary N) is 1. The molecule has 138 valence electrons. The summed E-state index contributed by atoms with van der Waals surface area (Å²) in [5.41, 5.74) is 4.63. The fourth-order valence-corrected chi connectivity index (χ4v) is 3.10. The van der Waals surface area contributed by atoms with Gasteiger partial charge in [0.05, 0.1) is 25.7 Å². The monoisotopic (exact) mass is 363 g/mol. The van der Waals surface area contributed by atoms with E-state index in [0.29, 0.717) is 12.1 Å². The first-order valence-electron chi connectivity index (χ1n) is 8.97. The molecular formula is C21H21N3O3. The van der Waals surface area contributed by atoms with Crippen LogP contribution in [0.15, 0.2) is 65.7 Å². The average Bonchev–Trinajstić information content (AvgIpc) is 3.28. The van der Waals surface area contributed by atoms with Crippen molar-refractivity contribution in [1.82, 2.24) is 10.3 Å². The number of benzene rings is 1. The van der Waals surface area contributed by atoms with Gasteiger partial charge in [-0.15, -0.1) is 0 Å². The highest BCUT2D eigenvalue weighted by atomic mass is 16.5. The Morgan fingerprint density at radius 2 is 1.89 bits per heavy atom. The largest absolute Gasteiger partial charge is 0.472 e. The molecule has 6 nitrogen and oxygen atoms in total. The molecule has 3 heterocycles. The van der Waals surface area contributed by atoms with Crippen LogP contribution < -0.4 is 10.2 Å². The Labute approximate surface area is 157 Å². The van der Waals surface area contributed by atoms with Gasteiger partial charge >= 0.3 is 0 Å². The summed E-state index contributed by atoms with van der Waals surface area (Å²) in [5.74, 6) is -0.0998. The maximum Gasteiger partial charge on any atom is 0.251 e. The van der Waals surface area contributed by atoms with E-state index in [4.69, 9.17) is 9.15 Å². The normalized spacial score (nSPS) is 14.1. The lowest BCUT2D eigenvalue weighted by molar-refractivity contribution is 0.0951. The second kappa shape index (κ2) is 8.05. The molecule has 3 aromatic rings. The Balaban J connectivity index is 1.37. The van der Waals surface area contributed by atoms with E-state index in [1.54, 1.807) is 24.9 Å². The van der Waals surface area contributed by atoms with Gasteiger partial charge in [0.25, 0.3) is 5.91 Å². The van der Waals surface area contributed by atoms with E-state index < -0.39 is 0 Å². The van der Waals surface area contributed by atoms with E-state index in [1.807, 2.05) is 36.4 Å². The molecule has 0 saturated carbocycles. The molecule has 0 atom stereocenters. The molecule has 1 saturated heterocycles. The molecule has 1 fully saturated rings. The van der Waals surface area contributed by atoms with Crippen molar-refractivity contribution >= 4 is 11.6 Å². The molecule has 6 heteroatoms. The summed E-state index contributed by atoms with van der Waals surface area (Å²) in [4.78, 5) is 18.9. The van der Waals surface area contributed by atoms with Crippen LogP contribution in [0.5, 0.6) is 0 Å². The smallest absolute Gasteiger partial charge is 0.251 e. The van der Waals surface area contributed by atoms with Gasteiger partial charge in [0.15, 0.2) is 0 Å². The SMILES string of the molecule is O=C(NCc1cncc(-c2ccoc2)c1)c1ccc(N2CCOCC2)cc1. The van der Waals surface area contributed by atoms with Crippen molar-refractivity contribution in [1.29, 1.82) is 0 Å². The Kier molecular flexibility index (Phi) is 5.16. The van der Waals surface area contributed by atoms with Crippen molar-refractivity contribution in [2.45, 2.75) is 6.54 Å². The van der Waals surface area contributed by atoms with E-state index in [2.05, 4.69) is 15.2 Å². The Hall–Kier alpha value is -3.12. The lowest BCUT2D eigenvalue weighted by Crippen LogP contribution is -2.36. The zero-order chi connectivity index (χ0) is 18.5. The van der Waals surface area contributed by atoms with Crippen molar-refractivity contribution in [2.24, 2.45) is 0 Å². The highest BCUT2D eigenvalue weighted by Gasteiger charge is 2.12. The molecule has 1 aromatic carbocycles. The van der Waals surface area contributed by atoms with Crippen LogP contribution in [-0.2, 0) is 11.3 Å². The lowest BCUT2D eigenvalue weighted by atomic mass is 10.1. The first-order chi connectivity index (χ1) is 13.3. The van der Waals surface area contributed by atoms with Gasteiger partial charge in [-0.05, 0) is 42.0 Å². The van der Waals surface area contributed by atoms with Gasteiger partial charge in [-0.1, -0.05) is 0 Å². The first-order valence-corrected chi connectivity index (χ1v) is 8.97. The number of hydrogen-bond donors (Lipinski definition) is 1. The van der Waals surface area contributed by atoms with Crippen LogP contribution in [0.25, 0.3) is 11.1 Å². The number of amides is 1. The Morgan fingerprint density at radius 1 is 1.07 bits per heavy atom. The van der Waals surface area contributed by atoms with Crippen molar-refractivity contribution in [3.63, 3.8) is 0 Å². The van der Waals surface area contributed by atoms with Gasteiger partial charge in [0.2, 0.25) is 0 Å². The fraction of sp³-hybridized carbons (Fsp3) is 0.238. The van der Waals surface area contributed by atoms with Crippen molar-refractivity contribution in [2.75, 3.05) is 31.2 Å². The third kappa shape index (κ3) is 4.17. The van der Waals surface area contributed by atoms with Crippen LogP contribution in [0.4, 0.5) is 5.69 Å². The zero-order valence-electron chi connectivity index (χ0n) is 14.9. The molecule has 27 heavy (non-hydrogen) atoms. The predicted octanol–water partition coefficient (Wildman–Crippen LogP) is 3.11. The maximum atomic E-state index is 12.4. The van der Waals surface area contributed by atoms with Crippen LogP contribution in [-0.4, -0.2) is 37.2 Å². The highest BCUT2D eigenvalue weighted by molar-refractivity contribution is 5.94. The third-order valence-electron chi connectivity index (χ3n) is 4.61. The van der Waals surface area contributed by atoms with Gasteiger partial charge in [0.1, 0.15) is 0 Å². The number of furan rings is 1.